The Kier molecular flexibility index (Phi) is 3.40. The van der Waals surface area contributed by atoms with E-state index in [-0.39, 0.29) is 0 Å². The predicted molar refractivity (Wildman–Crippen MR) is 57.8 cm³/mol. The van der Waals surface area contributed by atoms with Crippen molar-refractivity contribution < 1.29 is 30.3 Å². The Bertz CT molecular complexity index is 646. The van der Waals surface area contributed by atoms with Crippen LogP contribution >= 0.6 is 0 Å². The average Bonchev–Trinajstić information content (AvgIpc) is 2.70. The van der Waals surface area contributed by atoms with E-state index in [1.54, 1.807) is 0 Å². The lowest BCUT2D eigenvalue weighted by atomic mass is 10.3. The molecule has 0 N–H and O–H groups in total. The first-order chi connectivity index (χ1) is 9.09. The number of alkyl halides is 3. The van der Waals surface area contributed by atoms with Crippen LogP contribution in [0.4, 0.5) is 22.9 Å². The molecule has 0 spiro atoms. The summed E-state index contributed by atoms with van der Waals surface area (Å²) in [7, 11) is -4.94. The van der Waals surface area contributed by atoms with E-state index in [2.05, 4.69) is 9.97 Å². The van der Waals surface area contributed by atoms with Crippen LogP contribution in [0.15, 0.2) is 12.4 Å². The lowest BCUT2D eigenvalue weighted by molar-refractivity contribution is -0.141. The molecule has 1 aromatic rings. The molecule has 0 saturated carbocycles. The number of amides is 1. The van der Waals surface area contributed by atoms with Crippen LogP contribution in [0.25, 0.3) is 0 Å². The van der Waals surface area contributed by atoms with E-state index in [0.29, 0.717) is 17.3 Å². The monoisotopic (exact) mass is 313 g/mol. The highest BCUT2D eigenvalue weighted by atomic mass is 32.3. The van der Waals surface area contributed by atoms with Crippen LogP contribution in [0.5, 0.6) is 0 Å². The zero-order valence-electron chi connectivity index (χ0n) is 9.63. The molecule has 6 nitrogen and oxygen atoms in total. The summed E-state index contributed by atoms with van der Waals surface area (Å²) in [5.41, 5.74) is -1.28. The Morgan fingerprint density at radius 1 is 1.30 bits per heavy atom. The molecule has 20 heavy (non-hydrogen) atoms. The van der Waals surface area contributed by atoms with Crippen molar-refractivity contribution in [1.29, 1.82) is 0 Å². The van der Waals surface area contributed by atoms with Crippen LogP contribution in [-0.4, -0.2) is 36.1 Å². The Morgan fingerprint density at radius 3 is 2.45 bits per heavy atom. The van der Waals surface area contributed by atoms with Crippen LogP contribution < -0.4 is 4.90 Å². The fourth-order valence-corrected chi connectivity index (χ4v) is 2.40. The van der Waals surface area contributed by atoms with E-state index in [9.17, 15) is 30.3 Å². The van der Waals surface area contributed by atoms with Crippen LogP contribution in [0.2, 0.25) is 0 Å². The molecular formula is C9H7F4N3O3S. The molecule has 0 radical (unpaired) electrons. The van der Waals surface area contributed by atoms with Gasteiger partial charge in [0.2, 0.25) is 5.91 Å². The summed E-state index contributed by atoms with van der Waals surface area (Å²) in [5.74, 6) is -1.23. The van der Waals surface area contributed by atoms with E-state index in [1.807, 2.05) is 0 Å². The molecule has 11 heteroatoms. The molecule has 1 fully saturated rings. The first kappa shape index (κ1) is 14.6. The van der Waals surface area contributed by atoms with Gasteiger partial charge < -0.3 is 0 Å². The minimum Gasteiger partial charge on any atom is -0.295 e. The average molecular weight is 313 g/mol. The topological polar surface area (TPSA) is 80.2 Å². The summed E-state index contributed by atoms with van der Waals surface area (Å²) in [6, 6.07) is 0.505. The summed E-state index contributed by atoms with van der Waals surface area (Å²) < 4.78 is 71.7. The molecule has 0 bridgehead atoms. The van der Waals surface area contributed by atoms with Gasteiger partial charge in [-0.15, -0.1) is 3.89 Å². The normalized spacial score (nSPS) is 20.5. The van der Waals surface area contributed by atoms with Gasteiger partial charge >= 0.3 is 16.4 Å². The maximum Gasteiger partial charge on any atom is 0.433 e. The molecule has 1 amide bonds. The second-order valence-corrected chi connectivity index (χ2v) is 5.68. The number of anilines is 1. The van der Waals surface area contributed by atoms with Crippen LogP contribution in [0.3, 0.4) is 0 Å². The highest BCUT2D eigenvalue weighted by Crippen LogP contribution is 2.30. The van der Waals surface area contributed by atoms with Crippen molar-refractivity contribution in [2.24, 2.45) is 0 Å². The third-order valence-corrected chi connectivity index (χ3v) is 3.82. The summed E-state index contributed by atoms with van der Waals surface area (Å²) in [6.45, 7) is -0.577. The molecule has 0 aromatic carbocycles. The number of aromatic nitrogens is 2. The van der Waals surface area contributed by atoms with Gasteiger partial charge in [-0.25, -0.2) is 9.97 Å². The highest BCUT2D eigenvalue weighted by molar-refractivity contribution is 7.87. The standard InChI is InChI=1S/C9H7F4N3O3S/c10-9(11,12)6-2-7(15-4-14-6)16-3-5(1-8(16)17)20(13,18)19/h2,4-5H,1,3H2. The molecule has 2 rings (SSSR count). The van der Waals surface area contributed by atoms with Gasteiger partial charge in [-0.2, -0.15) is 21.6 Å². The van der Waals surface area contributed by atoms with Crippen molar-refractivity contribution >= 4 is 21.9 Å². The Hall–Kier alpha value is -1.78. The maximum absolute atomic E-state index is 12.8. The summed E-state index contributed by atoms with van der Waals surface area (Å²) in [6.07, 6.45) is -4.76. The van der Waals surface area contributed by atoms with Gasteiger partial charge in [-0.3, -0.25) is 9.69 Å². The zero-order chi connectivity index (χ0) is 15.1. The lowest BCUT2D eigenvalue weighted by Crippen LogP contribution is -2.28. The van der Waals surface area contributed by atoms with Gasteiger partial charge in [0.05, 0.1) is 0 Å². The first-order valence-corrected chi connectivity index (χ1v) is 6.67. The van der Waals surface area contributed by atoms with Gasteiger partial charge in [-0.05, 0) is 0 Å². The SMILES string of the molecule is O=C1CC(S(=O)(=O)F)CN1c1cc(C(F)(F)F)ncn1. The van der Waals surface area contributed by atoms with Crippen molar-refractivity contribution in [1.82, 2.24) is 9.97 Å². The molecule has 0 aliphatic carbocycles. The summed E-state index contributed by atoms with van der Waals surface area (Å²) >= 11 is 0. The van der Waals surface area contributed by atoms with Crippen LogP contribution in [-0.2, 0) is 21.2 Å². The van der Waals surface area contributed by atoms with Gasteiger partial charge in [0, 0.05) is 19.0 Å². The summed E-state index contributed by atoms with van der Waals surface area (Å²) in [5, 5.41) is -1.60. The molecule has 110 valence electrons. The molecule has 1 unspecified atom stereocenters. The second-order valence-electron chi connectivity index (χ2n) is 4.07. The maximum atomic E-state index is 12.8. The number of rotatable bonds is 2. The molecule has 1 atom stereocenters. The van der Waals surface area contributed by atoms with Crippen molar-refractivity contribution in [3.63, 3.8) is 0 Å². The molecule has 1 saturated heterocycles. The van der Waals surface area contributed by atoms with Crippen LogP contribution in [0, 0.1) is 0 Å². The van der Waals surface area contributed by atoms with Crippen LogP contribution in [0.1, 0.15) is 12.1 Å². The number of hydrogen-bond donors (Lipinski definition) is 0. The van der Waals surface area contributed by atoms with Gasteiger partial charge in [0.15, 0.2) is 0 Å². The number of carbonyl (C=O) groups excluding carboxylic acids is 1. The zero-order valence-corrected chi connectivity index (χ0v) is 10.4. The fraction of sp³-hybridized carbons (Fsp3) is 0.444. The van der Waals surface area contributed by atoms with Crippen molar-refractivity contribution in [3.05, 3.63) is 18.1 Å². The molecular weight excluding hydrogens is 306 g/mol. The number of hydrogen-bond acceptors (Lipinski definition) is 5. The van der Waals surface area contributed by atoms with Crippen molar-refractivity contribution in [2.75, 3.05) is 11.4 Å². The third kappa shape index (κ3) is 2.86. The third-order valence-electron chi connectivity index (χ3n) is 2.71. The number of nitrogens with zero attached hydrogens (tertiary/aromatic N) is 3. The number of halogens is 4. The van der Waals surface area contributed by atoms with Gasteiger partial charge in [-0.1, -0.05) is 0 Å². The van der Waals surface area contributed by atoms with Gasteiger partial charge in [0.1, 0.15) is 23.1 Å². The van der Waals surface area contributed by atoms with E-state index < -0.39 is 52.0 Å². The number of carbonyl (C=O) groups is 1. The first-order valence-electron chi connectivity index (χ1n) is 5.22. The minimum absolute atomic E-state index is 0.413. The lowest BCUT2D eigenvalue weighted by Gasteiger charge is -2.15. The minimum atomic E-state index is -4.94. The van der Waals surface area contributed by atoms with E-state index in [0.717, 1.165) is 0 Å². The largest absolute Gasteiger partial charge is 0.433 e. The Morgan fingerprint density at radius 2 is 1.95 bits per heavy atom. The summed E-state index contributed by atoms with van der Waals surface area (Å²) in [4.78, 5) is 18.7. The van der Waals surface area contributed by atoms with Crippen molar-refractivity contribution in [2.45, 2.75) is 17.8 Å². The van der Waals surface area contributed by atoms with E-state index in [1.165, 1.54) is 0 Å². The Labute approximate surface area is 110 Å². The van der Waals surface area contributed by atoms with E-state index in [4.69, 9.17) is 0 Å². The quantitative estimate of drug-likeness (QED) is 0.598. The molecule has 1 aliphatic heterocycles. The highest BCUT2D eigenvalue weighted by Gasteiger charge is 2.40. The molecule has 2 heterocycles. The van der Waals surface area contributed by atoms with Gasteiger partial charge in [0.25, 0.3) is 0 Å². The van der Waals surface area contributed by atoms with Crippen molar-refractivity contribution in [3.8, 4) is 0 Å². The molecule has 1 aromatic heterocycles. The van der Waals surface area contributed by atoms with E-state index >= 15 is 0 Å². The second kappa shape index (κ2) is 4.65. The Balaban J connectivity index is 2.32. The fourth-order valence-electron chi connectivity index (χ4n) is 1.73. The molecule has 1 aliphatic rings. The smallest absolute Gasteiger partial charge is 0.295 e. The predicted octanol–water partition coefficient (Wildman–Crippen LogP) is 0.900.